The van der Waals surface area contributed by atoms with Crippen LogP contribution in [0.2, 0.25) is 10.0 Å². The van der Waals surface area contributed by atoms with E-state index in [4.69, 9.17) is 23.2 Å². The van der Waals surface area contributed by atoms with Gasteiger partial charge < -0.3 is 0 Å². The van der Waals surface area contributed by atoms with Gasteiger partial charge >= 0.3 is 0 Å². The monoisotopic (exact) mass is 457 g/mol. The van der Waals surface area contributed by atoms with E-state index < -0.39 is 27.8 Å². The Hall–Kier alpha value is -2.07. The maximum atomic E-state index is 14.7. The van der Waals surface area contributed by atoms with Crippen molar-refractivity contribution in [2.24, 2.45) is 0 Å². The molecular weight excluding hydrogens is 440 g/mol. The normalized spacial score (nSPS) is 14.0. The smallest absolute Gasteiger partial charge is 0.207 e. The number of aromatic amines is 1. The summed E-state index contributed by atoms with van der Waals surface area (Å²) in [5.74, 6) is -0.991. The number of H-pyrrole nitrogens is 1. The molecule has 2 aromatic carbocycles. The van der Waals surface area contributed by atoms with Crippen LogP contribution >= 0.6 is 23.2 Å². The van der Waals surface area contributed by atoms with Gasteiger partial charge in [0, 0.05) is 5.92 Å². The van der Waals surface area contributed by atoms with E-state index in [0.29, 0.717) is 5.56 Å². The number of aryl methyl sites for hydroxylation is 1. The summed E-state index contributed by atoms with van der Waals surface area (Å²) in [6, 6.07) is 5.99. The molecule has 1 aromatic heterocycles. The van der Waals surface area contributed by atoms with Gasteiger partial charge in [0.25, 0.3) is 0 Å². The molecule has 0 aliphatic rings. The first-order valence-electron chi connectivity index (χ1n) is 8.58. The summed E-state index contributed by atoms with van der Waals surface area (Å²) in [5, 5.41) is 14.0. The molecule has 0 aliphatic heterocycles. The van der Waals surface area contributed by atoms with E-state index in [9.17, 15) is 12.8 Å². The van der Waals surface area contributed by atoms with Gasteiger partial charge in [0.2, 0.25) is 10.0 Å². The zero-order valence-electron chi connectivity index (χ0n) is 15.7. The summed E-state index contributed by atoms with van der Waals surface area (Å²) in [5.41, 5.74) is 1.98. The topological polar surface area (TPSA) is 101 Å². The van der Waals surface area contributed by atoms with Crippen molar-refractivity contribution in [3.05, 3.63) is 68.7 Å². The van der Waals surface area contributed by atoms with Gasteiger partial charge in [-0.1, -0.05) is 41.4 Å². The highest BCUT2D eigenvalue weighted by atomic mass is 35.5. The third-order valence-corrected chi connectivity index (χ3v) is 6.99. The van der Waals surface area contributed by atoms with Crippen LogP contribution in [0.15, 0.2) is 35.2 Å². The number of nitrogens with one attached hydrogen (secondary N) is 2. The minimum atomic E-state index is -4.05. The average Bonchev–Trinajstić information content (AvgIpc) is 3.19. The minimum absolute atomic E-state index is 0.0847. The Morgan fingerprint density at radius 1 is 1.14 bits per heavy atom. The molecule has 0 saturated heterocycles. The molecule has 7 nitrogen and oxygen atoms in total. The minimum Gasteiger partial charge on any atom is -0.207 e. The maximum absolute atomic E-state index is 14.7. The lowest BCUT2D eigenvalue weighted by Crippen LogP contribution is -2.33. The Balaban J connectivity index is 2.05. The number of hydrogen-bond acceptors (Lipinski definition) is 5. The predicted octanol–water partition coefficient (Wildman–Crippen LogP) is 4.09. The predicted molar refractivity (Wildman–Crippen MR) is 108 cm³/mol. The quantitative estimate of drug-likeness (QED) is 0.580. The molecule has 2 N–H and O–H groups in total. The summed E-state index contributed by atoms with van der Waals surface area (Å²) >= 11 is 11.8. The van der Waals surface area contributed by atoms with Crippen molar-refractivity contribution >= 4 is 33.2 Å². The van der Waals surface area contributed by atoms with Crippen molar-refractivity contribution in [2.45, 2.75) is 37.6 Å². The number of aromatic nitrogens is 4. The summed E-state index contributed by atoms with van der Waals surface area (Å²) < 4.78 is 43.2. The number of hydrogen-bond donors (Lipinski definition) is 2. The molecule has 0 bridgehead atoms. The average molecular weight is 458 g/mol. The molecule has 29 heavy (non-hydrogen) atoms. The molecule has 154 valence electrons. The van der Waals surface area contributed by atoms with E-state index in [1.807, 2.05) is 6.92 Å². The van der Waals surface area contributed by atoms with Gasteiger partial charge in [-0.05, 0) is 54.8 Å². The fourth-order valence-electron chi connectivity index (χ4n) is 3.09. The van der Waals surface area contributed by atoms with Crippen molar-refractivity contribution in [3.63, 3.8) is 0 Å². The molecule has 11 heteroatoms. The van der Waals surface area contributed by atoms with Crippen molar-refractivity contribution in [3.8, 4) is 0 Å². The van der Waals surface area contributed by atoms with Gasteiger partial charge in [0.05, 0.1) is 21.0 Å². The lowest BCUT2D eigenvalue weighted by Gasteiger charge is -2.25. The zero-order chi connectivity index (χ0) is 21.3. The van der Waals surface area contributed by atoms with Crippen molar-refractivity contribution in [1.29, 1.82) is 0 Å². The van der Waals surface area contributed by atoms with E-state index >= 15 is 0 Å². The number of tetrazole rings is 1. The summed E-state index contributed by atoms with van der Waals surface area (Å²) in [6.07, 6.45) is 0. The van der Waals surface area contributed by atoms with Gasteiger partial charge in [-0.25, -0.2) is 12.8 Å². The van der Waals surface area contributed by atoms with Crippen molar-refractivity contribution in [2.75, 3.05) is 0 Å². The fourth-order valence-corrected chi connectivity index (χ4v) is 4.75. The van der Waals surface area contributed by atoms with Crippen LogP contribution < -0.4 is 4.72 Å². The summed E-state index contributed by atoms with van der Waals surface area (Å²) in [4.78, 5) is -0.0889. The molecule has 0 amide bonds. The fraction of sp³-hybridized carbons (Fsp3) is 0.278. The Bertz CT molecular complexity index is 1140. The number of nitrogens with zero attached hydrogens (tertiary/aromatic N) is 3. The van der Waals surface area contributed by atoms with Crippen LogP contribution in [0.5, 0.6) is 0 Å². The van der Waals surface area contributed by atoms with Crippen LogP contribution in [0.25, 0.3) is 0 Å². The SMILES string of the molecule is Cc1ccc(F)c(C(C)C(NS(=O)(=O)c2ccc(Cl)c(Cl)c2)c2nn[nH]n2)c1C. The molecule has 0 aliphatic carbocycles. The maximum Gasteiger partial charge on any atom is 0.241 e. The molecule has 0 radical (unpaired) electrons. The third kappa shape index (κ3) is 4.42. The van der Waals surface area contributed by atoms with Gasteiger partial charge in [0.1, 0.15) is 5.82 Å². The van der Waals surface area contributed by atoms with Gasteiger partial charge in [-0.3, -0.25) is 0 Å². The molecule has 0 fully saturated rings. The largest absolute Gasteiger partial charge is 0.241 e. The first-order valence-corrected chi connectivity index (χ1v) is 10.8. The van der Waals surface area contributed by atoms with Crippen LogP contribution in [0.1, 0.15) is 41.4 Å². The standard InChI is InChI=1S/C18H18Cl2FN5O2S/c1-9-4-7-15(21)16(10(9)2)11(3)17(18-22-25-26-23-18)24-29(27,28)12-5-6-13(19)14(20)8-12/h4-8,11,17,24H,1-3H3,(H,22,23,25,26). The molecule has 0 saturated carbocycles. The van der Waals surface area contributed by atoms with Gasteiger partial charge in [-0.15, -0.1) is 10.2 Å². The molecular formula is C18H18Cl2FN5O2S. The Morgan fingerprint density at radius 2 is 1.86 bits per heavy atom. The van der Waals surface area contributed by atoms with Crippen LogP contribution in [0.3, 0.4) is 0 Å². The zero-order valence-corrected chi connectivity index (χ0v) is 18.1. The molecule has 3 rings (SSSR count). The first-order chi connectivity index (χ1) is 13.6. The second kappa shape index (κ2) is 8.35. The Morgan fingerprint density at radius 3 is 2.48 bits per heavy atom. The molecule has 3 aromatic rings. The number of halogens is 3. The third-order valence-electron chi connectivity index (χ3n) is 4.81. The second-order valence-electron chi connectivity index (χ2n) is 6.64. The van der Waals surface area contributed by atoms with Crippen molar-refractivity contribution in [1.82, 2.24) is 25.3 Å². The van der Waals surface area contributed by atoms with E-state index in [1.54, 1.807) is 19.9 Å². The van der Waals surface area contributed by atoms with Crippen molar-refractivity contribution < 1.29 is 12.8 Å². The Kier molecular flexibility index (Phi) is 6.23. The molecule has 0 spiro atoms. The van der Waals surface area contributed by atoms with Crippen LogP contribution in [-0.4, -0.2) is 29.0 Å². The highest BCUT2D eigenvalue weighted by molar-refractivity contribution is 7.89. The van der Waals surface area contributed by atoms with Crippen LogP contribution in [0.4, 0.5) is 4.39 Å². The number of sulfonamides is 1. The highest BCUT2D eigenvalue weighted by Crippen LogP contribution is 2.35. The highest BCUT2D eigenvalue weighted by Gasteiger charge is 2.32. The second-order valence-corrected chi connectivity index (χ2v) is 9.16. The van der Waals surface area contributed by atoms with E-state index in [-0.39, 0.29) is 20.8 Å². The summed E-state index contributed by atoms with van der Waals surface area (Å²) in [6.45, 7) is 5.34. The van der Waals surface area contributed by atoms with E-state index in [0.717, 1.165) is 11.1 Å². The van der Waals surface area contributed by atoms with Crippen LogP contribution in [-0.2, 0) is 10.0 Å². The van der Waals surface area contributed by atoms with Gasteiger partial charge in [-0.2, -0.15) is 9.94 Å². The molecule has 2 unspecified atom stereocenters. The first kappa shape index (κ1) is 21.6. The lowest BCUT2D eigenvalue weighted by molar-refractivity contribution is 0.478. The number of rotatable bonds is 6. The molecule has 2 atom stereocenters. The molecule has 1 heterocycles. The van der Waals surface area contributed by atoms with Crippen LogP contribution in [0, 0.1) is 19.7 Å². The summed E-state index contributed by atoms with van der Waals surface area (Å²) in [7, 11) is -4.05. The van der Waals surface area contributed by atoms with E-state index in [1.165, 1.54) is 24.3 Å². The number of benzene rings is 2. The lowest BCUT2D eigenvalue weighted by atomic mass is 9.88. The van der Waals surface area contributed by atoms with Gasteiger partial charge in [0.15, 0.2) is 5.82 Å². The Labute approximate surface area is 177 Å². The van der Waals surface area contributed by atoms with E-state index in [2.05, 4.69) is 25.3 Å².